The van der Waals surface area contributed by atoms with Crippen molar-refractivity contribution in [1.29, 1.82) is 0 Å². The van der Waals surface area contributed by atoms with Gasteiger partial charge >= 0.3 is 12.1 Å². The quantitative estimate of drug-likeness (QED) is 0.471. The summed E-state index contributed by atoms with van der Waals surface area (Å²) < 4.78 is 5.65. The fraction of sp³-hybridized carbons (Fsp3) is 0.464. The van der Waals surface area contributed by atoms with Crippen LogP contribution in [0.3, 0.4) is 0 Å². The summed E-state index contributed by atoms with van der Waals surface area (Å²) >= 11 is 0. The van der Waals surface area contributed by atoms with Gasteiger partial charge in [0.15, 0.2) is 0 Å². The molecule has 0 aliphatic heterocycles. The lowest BCUT2D eigenvalue weighted by Crippen LogP contribution is -2.52. The summed E-state index contributed by atoms with van der Waals surface area (Å²) in [7, 11) is 0. The maximum absolute atomic E-state index is 13.2. The zero-order valence-corrected chi connectivity index (χ0v) is 20.2. The summed E-state index contributed by atoms with van der Waals surface area (Å²) in [6.45, 7) is 2.06. The van der Waals surface area contributed by atoms with Crippen molar-refractivity contribution in [2.24, 2.45) is 5.41 Å². The first-order valence-corrected chi connectivity index (χ1v) is 12.6. The second-order valence-electron chi connectivity index (χ2n) is 9.65. The summed E-state index contributed by atoms with van der Waals surface area (Å²) in [5.74, 6) is -1.38. The molecule has 2 aliphatic rings. The highest BCUT2D eigenvalue weighted by Gasteiger charge is 2.40. The van der Waals surface area contributed by atoms with Crippen LogP contribution in [-0.4, -0.2) is 42.3 Å². The number of ether oxygens (including phenoxy) is 1. The number of carbonyl (C=O) groups excluding carboxylic acids is 2. The Morgan fingerprint density at radius 2 is 1.54 bits per heavy atom. The number of amides is 2. The van der Waals surface area contributed by atoms with Crippen LogP contribution in [0, 0.1) is 5.41 Å². The standard InChI is InChI=1S/C28H34N2O5/c1-2-24(25(31)32)30-26(33)28(15-9-3-4-10-16-28)18-29-27(34)35-17-23-21-13-7-5-11-19(21)20-12-6-8-14-22(20)23/h5-8,11-14,23-24H,2-4,9-10,15-18H2,1H3,(H,29,34)(H,30,33)(H,31,32)/t24-/m1/s1. The minimum absolute atomic E-state index is 0.0378. The molecule has 2 aromatic rings. The molecule has 2 aromatic carbocycles. The van der Waals surface area contributed by atoms with E-state index in [9.17, 15) is 19.5 Å². The van der Waals surface area contributed by atoms with Gasteiger partial charge in [-0.1, -0.05) is 81.1 Å². The highest BCUT2D eigenvalue weighted by molar-refractivity contribution is 5.88. The number of hydrogen-bond donors (Lipinski definition) is 3. The van der Waals surface area contributed by atoms with Crippen LogP contribution in [0.15, 0.2) is 48.5 Å². The van der Waals surface area contributed by atoms with Gasteiger partial charge < -0.3 is 20.5 Å². The maximum Gasteiger partial charge on any atom is 0.407 e. The summed E-state index contributed by atoms with van der Waals surface area (Å²) in [5, 5.41) is 14.9. The molecule has 0 spiro atoms. The first-order valence-electron chi connectivity index (χ1n) is 12.6. The maximum atomic E-state index is 13.2. The van der Waals surface area contributed by atoms with Crippen molar-refractivity contribution < 1.29 is 24.2 Å². The number of alkyl carbamates (subject to hydrolysis) is 1. The summed E-state index contributed by atoms with van der Waals surface area (Å²) in [6.07, 6.45) is 4.74. The van der Waals surface area contributed by atoms with E-state index in [-0.39, 0.29) is 25.0 Å². The fourth-order valence-corrected chi connectivity index (χ4v) is 5.43. The van der Waals surface area contributed by atoms with Gasteiger partial charge in [0, 0.05) is 12.5 Å². The Hall–Kier alpha value is -3.35. The molecule has 3 N–H and O–H groups in total. The van der Waals surface area contributed by atoms with Crippen LogP contribution in [-0.2, 0) is 14.3 Å². The lowest BCUT2D eigenvalue weighted by atomic mass is 9.79. The summed E-state index contributed by atoms with van der Waals surface area (Å²) in [6, 6.07) is 15.4. The van der Waals surface area contributed by atoms with Crippen LogP contribution in [0.5, 0.6) is 0 Å². The fourth-order valence-electron chi connectivity index (χ4n) is 5.43. The molecule has 7 heteroatoms. The number of carboxylic acid groups (broad SMARTS) is 1. The molecule has 0 aromatic heterocycles. The van der Waals surface area contributed by atoms with Crippen molar-refractivity contribution in [3.63, 3.8) is 0 Å². The molecular weight excluding hydrogens is 444 g/mol. The molecule has 4 rings (SSSR count). The van der Waals surface area contributed by atoms with Gasteiger partial charge in [0.25, 0.3) is 0 Å². The number of nitrogens with one attached hydrogen (secondary N) is 2. The zero-order valence-electron chi connectivity index (χ0n) is 20.2. The Morgan fingerprint density at radius 1 is 0.971 bits per heavy atom. The molecule has 35 heavy (non-hydrogen) atoms. The summed E-state index contributed by atoms with van der Waals surface area (Å²) in [4.78, 5) is 37.4. The zero-order chi connectivity index (χ0) is 24.8. The van der Waals surface area contributed by atoms with E-state index in [2.05, 4.69) is 34.9 Å². The van der Waals surface area contributed by atoms with Crippen molar-refractivity contribution >= 4 is 18.0 Å². The van der Waals surface area contributed by atoms with Crippen LogP contribution >= 0.6 is 0 Å². The number of carboxylic acids is 1. The second kappa shape index (κ2) is 10.9. The van der Waals surface area contributed by atoms with Crippen LogP contribution in [0.1, 0.15) is 68.9 Å². The molecule has 186 valence electrons. The molecular formula is C28H34N2O5. The normalized spacial score (nSPS) is 17.4. The molecule has 0 heterocycles. The Labute approximate surface area is 206 Å². The molecule has 2 amide bonds. The van der Waals surface area contributed by atoms with Gasteiger partial charge in [-0.25, -0.2) is 9.59 Å². The SMILES string of the molecule is CC[C@@H](NC(=O)C1(CNC(=O)OCC2c3ccccc3-c3ccccc32)CCCCCC1)C(=O)O. The molecule has 0 radical (unpaired) electrons. The highest BCUT2D eigenvalue weighted by Crippen LogP contribution is 2.44. The van der Waals surface area contributed by atoms with E-state index in [1.807, 2.05) is 24.3 Å². The Morgan fingerprint density at radius 3 is 2.09 bits per heavy atom. The van der Waals surface area contributed by atoms with Gasteiger partial charge in [-0.2, -0.15) is 0 Å². The molecule has 7 nitrogen and oxygen atoms in total. The minimum atomic E-state index is -1.05. The van der Waals surface area contributed by atoms with Gasteiger partial charge in [-0.3, -0.25) is 4.79 Å². The van der Waals surface area contributed by atoms with Gasteiger partial charge in [0.2, 0.25) is 5.91 Å². The molecule has 2 aliphatic carbocycles. The third-order valence-corrected chi connectivity index (χ3v) is 7.47. The number of rotatable bonds is 8. The molecule has 0 saturated heterocycles. The van der Waals surface area contributed by atoms with Gasteiger partial charge in [0.05, 0.1) is 5.41 Å². The van der Waals surface area contributed by atoms with Crippen molar-refractivity contribution in [1.82, 2.24) is 10.6 Å². The topological polar surface area (TPSA) is 105 Å². The van der Waals surface area contributed by atoms with E-state index >= 15 is 0 Å². The van der Waals surface area contributed by atoms with Crippen LogP contribution in [0.2, 0.25) is 0 Å². The first-order chi connectivity index (χ1) is 16.9. The monoisotopic (exact) mass is 478 g/mol. The largest absolute Gasteiger partial charge is 0.480 e. The van der Waals surface area contributed by atoms with E-state index in [0.29, 0.717) is 19.3 Å². The van der Waals surface area contributed by atoms with Crippen molar-refractivity contribution in [2.45, 2.75) is 63.8 Å². The molecule has 0 bridgehead atoms. The predicted octanol–water partition coefficient (Wildman–Crippen LogP) is 4.85. The number of carbonyl (C=O) groups is 3. The van der Waals surface area contributed by atoms with Crippen molar-refractivity contribution in [3.05, 3.63) is 59.7 Å². The highest BCUT2D eigenvalue weighted by atomic mass is 16.5. The summed E-state index contributed by atoms with van der Waals surface area (Å²) in [5.41, 5.74) is 3.77. The molecule has 1 saturated carbocycles. The Balaban J connectivity index is 1.41. The second-order valence-corrected chi connectivity index (χ2v) is 9.65. The number of aliphatic carboxylic acids is 1. The third-order valence-electron chi connectivity index (χ3n) is 7.47. The Bertz CT molecular complexity index is 1030. The molecule has 0 unspecified atom stereocenters. The van der Waals surface area contributed by atoms with Crippen molar-refractivity contribution in [2.75, 3.05) is 13.2 Å². The van der Waals surface area contributed by atoms with E-state index in [1.54, 1.807) is 6.92 Å². The van der Waals surface area contributed by atoms with Crippen LogP contribution in [0.25, 0.3) is 11.1 Å². The van der Waals surface area contributed by atoms with Gasteiger partial charge in [-0.05, 0) is 41.5 Å². The number of benzene rings is 2. The lowest BCUT2D eigenvalue weighted by molar-refractivity contribution is -0.144. The smallest absolute Gasteiger partial charge is 0.407 e. The van der Waals surface area contributed by atoms with Crippen LogP contribution < -0.4 is 10.6 Å². The average Bonchev–Trinajstić information content (AvgIpc) is 3.00. The van der Waals surface area contributed by atoms with Gasteiger partial charge in [0.1, 0.15) is 12.6 Å². The lowest BCUT2D eigenvalue weighted by Gasteiger charge is -2.32. The minimum Gasteiger partial charge on any atom is -0.480 e. The number of hydrogen-bond acceptors (Lipinski definition) is 4. The van der Waals surface area contributed by atoms with Gasteiger partial charge in [-0.15, -0.1) is 0 Å². The van der Waals surface area contributed by atoms with E-state index in [0.717, 1.165) is 47.9 Å². The first kappa shape index (κ1) is 24.8. The van der Waals surface area contributed by atoms with Crippen molar-refractivity contribution in [3.8, 4) is 11.1 Å². The molecule has 1 atom stereocenters. The van der Waals surface area contributed by atoms with Crippen LogP contribution in [0.4, 0.5) is 4.79 Å². The Kier molecular flexibility index (Phi) is 7.73. The average molecular weight is 479 g/mol. The predicted molar refractivity (Wildman–Crippen MR) is 133 cm³/mol. The number of fused-ring (bicyclic) bond motifs is 3. The third kappa shape index (κ3) is 5.34. The van der Waals surface area contributed by atoms with E-state index in [4.69, 9.17) is 4.74 Å². The van der Waals surface area contributed by atoms with E-state index < -0.39 is 23.5 Å². The van der Waals surface area contributed by atoms with E-state index in [1.165, 1.54) is 0 Å². The molecule has 1 fully saturated rings.